The van der Waals surface area contributed by atoms with E-state index in [9.17, 15) is 9.59 Å². The maximum Gasteiger partial charge on any atom is 0.227 e. The van der Waals surface area contributed by atoms with Crippen molar-refractivity contribution in [3.63, 3.8) is 0 Å². The van der Waals surface area contributed by atoms with Gasteiger partial charge in [0, 0.05) is 38.6 Å². The molecule has 0 N–H and O–H groups in total. The molecule has 6 nitrogen and oxygen atoms in total. The average Bonchev–Trinajstić information content (AvgIpc) is 3.49. The zero-order chi connectivity index (χ0) is 19.7. The molecule has 6 heteroatoms. The third-order valence-corrected chi connectivity index (χ3v) is 6.59. The first kappa shape index (κ1) is 19.5. The summed E-state index contributed by atoms with van der Waals surface area (Å²) in [5.41, 5.74) is 0. The highest BCUT2D eigenvalue weighted by Crippen LogP contribution is 2.33. The number of rotatable bonds is 5. The molecule has 1 unspecified atom stereocenters. The Labute approximate surface area is 167 Å². The van der Waals surface area contributed by atoms with Gasteiger partial charge in [0.2, 0.25) is 11.8 Å². The van der Waals surface area contributed by atoms with Gasteiger partial charge in [0.15, 0.2) is 0 Å². The van der Waals surface area contributed by atoms with Gasteiger partial charge in [-0.2, -0.15) is 0 Å². The van der Waals surface area contributed by atoms with E-state index in [1.807, 2.05) is 31.0 Å². The Balaban J connectivity index is 1.27. The predicted octanol–water partition coefficient (Wildman–Crippen LogP) is 2.66. The molecule has 4 rings (SSSR count). The fourth-order valence-electron chi connectivity index (χ4n) is 4.77. The van der Waals surface area contributed by atoms with Crippen molar-refractivity contribution in [2.24, 2.45) is 11.8 Å². The molecule has 0 bridgehead atoms. The van der Waals surface area contributed by atoms with Crippen molar-refractivity contribution in [3.8, 4) is 0 Å². The molecule has 1 aromatic rings. The van der Waals surface area contributed by atoms with E-state index >= 15 is 0 Å². The summed E-state index contributed by atoms with van der Waals surface area (Å²) in [5, 5.41) is 0. The Hall–Kier alpha value is -1.82. The molecule has 0 spiro atoms. The van der Waals surface area contributed by atoms with E-state index in [0.29, 0.717) is 24.4 Å². The van der Waals surface area contributed by atoms with E-state index < -0.39 is 0 Å². The lowest BCUT2D eigenvalue weighted by Gasteiger charge is -2.42. The monoisotopic (exact) mass is 387 g/mol. The molecule has 3 heterocycles. The highest BCUT2D eigenvalue weighted by Gasteiger charge is 2.37. The molecule has 0 radical (unpaired) electrons. The quantitative estimate of drug-likeness (QED) is 0.779. The van der Waals surface area contributed by atoms with Crippen molar-refractivity contribution in [1.29, 1.82) is 0 Å². The Morgan fingerprint density at radius 3 is 2.46 bits per heavy atom. The summed E-state index contributed by atoms with van der Waals surface area (Å²) in [5.74, 6) is 2.71. The van der Waals surface area contributed by atoms with Crippen molar-refractivity contribution in [1.82, 2.24) is 14.7 Å². The van der Waals surface area contributed by atoms with Crippen molar-refractivity contribution in [2.45, 2.75) is 58.0 Å². The maximum absolute atomic E-state index is 13.0. The molecule has 2 aliphatic heterocycles. The van der Waals surface area contributed by atoms with Crippen LogP contribution in [0, 0.1) is 18.8 Å². The van der Waals surface area contributed by atoms with E-state index in [4.69, 9.17) is 4.42 Å². The summed E-state index contributed by atoms with van der Waals surface area (Å²) in [7, 11) is 1.88. The molecule has 0 aromatic carbocycles. The number of nitrogens with zero attached hydrogens (tertiary/aromatic N) is 3. The van der Waals surface area contributed by atoms with Crippen LogP contribution in [0.1, 0.15) is 50.0 Å². The van der Waals surface area contributed by atoms with Crippen molar-refractivity contribution in [2.75, 3.05) is 33.2 Å². The summed E-state index contributed by atoms with van der Waals surface area (Å²) in [6.45, 7) is 6.14. The molecule has 1 aliphatic carbocycles. The Morgan fingerprint density at radius 1 is 1.07 bits per heavy atom. The minimum atomic E-state index is 0.0703. The van der Waals surface area contributed by atoms with Gasteiger partial charge in [-0.05, 0) is 64.1 Å². The lowest BCUT2D eigenvalue weighted by Crippen LogP contribution is -2.51. The zero-order valence-corrected chi connectivity index (χ0v) is 17.2. The van der Waals surface area contributed by atoms with Crippen LogP contribution in [0.4, 0.5) is 0 Å². The smallest absolute Gasteiger partial charge is 0.227 e. The lowest BCUT2D eigenvalue weighted by molar-refractivity contribution is -0.137. The van der Waals surface area contributed by atoms with Crippen LogP contribution in [0.5, 0.6) is 0 Å². The van der Waals surface area contributed by atoms with Gasteiger partial charge in [-0.25, -0.2) is 0 Å². The van der Waals surface area contributed by atoms with Crippen LogP contribution in [0.2, 0.25) is 0 Å². The molecule has 1 atom stereocenters. The van der Waals surface area contributed by atoms with Crippen molar-refractivity contribution in [3.05, 3.63) is 23.7 Å². The summed E-state index contributed by atoms with van der Waals surface area (Å²) in [6, 6.07) is 4.40. The lowest BCUT2D eigenvalue weighted by atomic mass is 9.93. The number of furan rings is 1. The van der Waals surface area contributed by atoms with Crippen LogP contribution >= 0.6 is 0 Å². The fraction of sp³-hybridized carbons (Fsp3) is 0.727. The largest absolute Gasteiger partial charge is 0.464 e. The third kappa shape index (κ3) is 4.43. The predicted molar refractivity (Wildman–Crippen MR) is 107 cm³/mol. The first-order valence-electron chi connectivity index (χ1n) is 10.8. The summed E-state index contributed by atoms with van der Waals surface area (Å²) < 4.78 is 5.62. The van der Waals surface area contributed by atoms with Gasteiger partial charge in [0.1, 0.15) is 11.5 Å². The topological polar surface area (TPSA) is 57.0 Å². The highest BCUT2D eigenvalue weighted by atomic mass is 16.3. The number of hydrogen-bond donors (Lipinski definition) is 0. The molecule has 1 saturated carbocycles. The van der Waals surface area contributed by atoms with Crippen LogP contribution in [-0.2, 0) is 16.1 Å². The summed E-state index contributed by atoms with van der Waals surface area (Å²) in [4.78, 5) is 31.6. The molecule has 1 aromatic heterocycles. The standard InChI is InChI=1S/C22H33N3O3/c1-16-5-8-20(28-16)15-23(2)21(26)18-4-3-11-25(14-18)19-9-12-24(13-10-19)22(27)17-6-7-17/h5,8,17-19H,3-4,6-7,9-15H2,1-2H3. The maximum atomic E-state index is 13.0. The zero-order valence-electron chi connectivity index (χ0n) is 17.2. The van der Waals surface area contributed by atoms with Gasteiger partial charge in [-0.1, -0.05) is 0 Å². The number of hydrogen-bond acceptors (Lipinski definition) is 4. The third-order valence-electron chi connectivity index (χ3n) is 6.59. The van der Waals surface area contributed by atoms with Crippen LogP contribution in [0.3, 0.4) is 0 Å². The fourth-order valence-corrected chi connectivity index (χ4v) is 4.77. The molecule has 3 fully saturated rings. The number of carbonyl (C=O) groups is 2. The van der Waals surface area contributed by atoms with Crippen molar-refractivity contribution < 1.29 is 14.0 Å². The molecule has 2 amide bonds. The molecule has 2 saturated heterocycles. The van der Waals surface area contributed by atoms with Gasteiger partial charge in [0.05, 0.1) is 12.5 Å². The first-order valence-corrected chi connectivity index (χ1v) is 10.8. The summed E-state index contributed by atoms with van der Waals surface area (Å²) in [6.07, 6.45) is 6.29. The molecular weight excluding hydrogens is 354 g/mol. The van der Waals surface area contributed by atoms with Gasteiger partial charge in [-0.3, -0.25) is 14.5 Å². The summed E-state index contributed by atoms with van der Waals surface area (Å²) >= 11 is 0. The number of likely N-dealkylation sites (tertiary alicyclic amines) is 2. The number of piperidine rings is 2. The Morgan fingerprint density at radius 2 is 1.82 bits per heavy atom. The minimum Gasteiger partial charge on any atom is -0.464 e. The second kappa shape index (κ2) is 8.27. The minimum absolute atomic E-state index is 0.0703. The normalized spacial score (nSPS) is 24.4. The van der Waals surface area contributed by atoms with Crippen LogP contribution < -0.4 is 0 Å². The van der Waals surface area contributed by atoms with E-state index in [1.54, 1.807) is 0 Å². The number of amides is 2. The first-order chi connectivity index (χ1) is 13.5. The van der Waals surface area contributed by atoms with E-state index in [1.165, 1.54) is 0 Å². The van der Waals surface area contributed by atoms with E-state index in [0.717, 1.165) is 76.2 Å². The van der Waals surface area contributed by atoms with E-state index in [2.05, 4.69) is 9.80 Å². The van der Waals surface area contributed by atoms with Crippen molar-refractivity contribution >= 4 is 11.8 Å². The van der Waals surface area contributed by atoms with Crippen LogP contribution in [0.25, 0.3) is 0 Å². The van der Waals surface area contributed by atoms with Crippen LogP contribution in [-0.4, -0.2) is 65.8 Å². The van der Waals surface area contributed by atoms with Gasteiger partial charge in [-0.15, -0.1) is 0 Å². The molecule has 3 aliphatic rings. The SMILES string of the molecule is Cc1ccc(CN(C)C(=O)C2CCCN(C3CCN(C(=O)C4CC4)CC3)C2)o1. The highest BCUT2D eigenvalue weighted by molar-refractivity contribution is 5.81. The Bertz CT molecular complexity index is 704. The van der Waals surface area contributed by atoms with Gasteiger partial charge < -0.3 is 14.2 Å². The second-order valence-corrected chi connectivity index (χ2v) is 8.87. The van der Waals surface area contributed by atoms with Crippen LogP contribution in [0.15, 0.2) is 16.5 Å². The van der Waals surface area contributed by atoms with Gasteiger partial charge >= 0.3 is 0 Å². The van der Waals surface area contributed by atoms with Gasteiger partial charge in [0.25, 0.3) is 0 Å². The van der Waals surface area contributed by atoms with E-state index in [-0.39, 0.29) is 11.8 Å². The molecule has 154 valence electrons. The molecule has 28 heavy (non-hydrogen) atoms. The molecular formula is C22H33N3O3. The second-order valence-electron chi connectivity index (χ2n) is 8.87. The average molecular weight is 388 g/mol. The Kier molecular flexibility index (Phi) is 5.76. The number of carbonyl (C=O) groups excluding carboxylic acids is 2. The number of aryl methyl sites for hydroxylation is 1.